The first-order valence-electron chi connectivity index (χ1n) is 7.89. The van der Waals surface area contributed by atoms with Gasteiger partial charge in [-0.15, -0.1) is 0 Å². The number of hydrogen-bond donors (Lipinski definition) is 0. The van der Waals surface area contributed by atoms with Gasteiger partial charge in [-0.2, -0.15) is 5.26 Å². The van der Waals surface area contributed by atoms with Crippen LogP contribution in [0.5, 0.6) is 0 Å². The molecule has 1 aliphatic rings. The van der Waals surface area contributed by atoms with Gasteiger partial charge in [0.2, 0.25) is 0 Å². The van der Waals surface area contributed by atoms with E-state index in [4.69, 9.17) is 0 Å². The molecule has 3 rings (SSSR count). The Labute approximate surface area is 140 Å². The van der Waals surface area contributed by atoms with Crippen molar-refractivity contribution in [2.24, 2.45) is 0 Å². The fraction of sp³-hybridized carbons (Fsp3) is 0.263. The van der Waals surface area contributed by atoms with E-state index in [9.17, 15) is 14.4 Å². The molecule has 122 valence electrons. The van der Waals surface area contributed by atoms with Crippen molar-refractivity contribution in [2.45, 2.75) is 6.92 Å². The summed E-state index contributed by atoms with van der Waals surface area (Å²) in [5, 5.41) is 9.18. The van der Waals surface area contributed by atoms with Crippen molar-refractivity contribution in [3.05, 3.63) is 59.4 Å². The highest BCUT2D eigenvalue weighted by atomic mass is 19.1. The van der Waals surface area contributed by atoms with Crippen LogP contribution < -0.4 is 9.80 Å². The summed E-state index contributed by atoms with van der Waals surface area (Å²) < 4.78 is 13.8. The molecular weight excluding hydrogens is 305 g/mol. The highest BCUT2D eigenvalue weighted by molar-refractivity contribution is 5.94. The van der Waals surface area contributed by atoms with Gasteiger partial charge in [0.05, 0.1) is 5.69 Å². The van der Waals surface area contributed by atoms with E-state index in [1.165, 1.54) is 6.07 Å². The SMILES string of the molecule is CC(=O)c1ccc(N2CCN(c3cccc(F)c3C#N)CC2)cc1. The van der Waals surface area contributed by atoms with Gasteiger partial charge >= 0.3 is 0 Å². The van der Waals surface area contributed by atoms with Crippen molar-refractivity contribution in [1.29, 1.82) is 5.26 Å². The standard InChI is InChI=1S/C19H18FN3O/c1-14(24)15-5-7-16(8-6-15)22-9-11-23(12-10-22)19-4-2-3-18(20)17(19)13-21/h2-8H,9-12H2,1H3. The van der Waals surface area contributed by atoms with E-state index >= 15 is 0 Å². The van der Waals surface area contributed by atoms with E-state index in [0.717, 1.165) is 18.8 Å². The monoisotopic (exact) mass is 323 g/mol. The zero-order valence-electron chi connectivity index (χ0n) is 13.5. The molecule has 2 aromatic rings. The average Bonchev–Trinajstić information content (AvgIpc) is 2.62. The topological polar surface area (TPSA) is 47.3 Å². The maximum atomic E-state index is 13.8. The van der Waals surface area contributed by atoms with E-state index in [1.807, 2.05) is 35.2 Å². The number of rotatable bonds is 3. The molecule has 1 heterocycles. The smallest absolute Gasteiger partial charge is 0.159 e. The molecule has 0 unspecified atom stereocenters. The largest absolute Gasteiger partial charge is 0.368 e. The van der Waals surface area contributed by atoms with Crippen molar-refractivity contribution in [3.63, 3.8) is 0 Å². The molecule has 5 heteroatoms. The van der Waals surface area contributed by atoms with Gasteiger partial charge in [0.25, 0.3) is 0 Å². The minimum Gasteiger partial charge on any atom is -0.368 e. The Morgan fingerprint density at radius 2 is 1.67 bits per heavy atom. The van der Waals surface area contributed by atoms with Crippen molar-refractivity contribution in [3.8, 4) is 6.07 Å². The number of anilines is 2. The first kappa shape index (κ1) is 16.0. The average molecular weight is 323 g/mol. The number of nitrogens with zero attached hydrogens (tertiary/aromatic N) is 3. The lowest BCUT2D eigenvalue weighted by molar-refractivity contribution is 0.101. The lowest BCUT2D eigenvalue weighted by Gasteiger charge is -2.37. The number of carbonyl (C=O) groups is 1. The Hall–Kier alpha value is -2.87. The van der Waals surface area contributed by atoms with E-state index in [-0.39, 0.29) is 11.3 Å². The molecule has 0 bridgehead atoms. The zero-order chi connectivity index (χ0) is 17.1. The van der Waals surface area contributed by atoms with Gasteiger partial charge in [-0.25, -0.2) is 4.39 Å². The fourth-order valence-corrected chi connectivity index (χ4v) is 3.00. The number of ketones is 1. The van der Waals surface area contributed by atoms with E-state index in [2.05, 4.69) is 4.90 Å². The number of piperazine rings is 1. The Kier molecular flexibility index (Phi) is 4.48. The summed E-state index contributed by atoms with van der Waals surface area (Å²) >= 11 is 0. The van der Waals surface area contributed by atoms with Gasteiger partial charge in [0.1, 0.15) is 17.4 Å². The van der Waals surface area contributed by atoms with Crippen LogP contribution in [0.2, 0.25) is 0 Å². The Bertz CT molecular complexity index is 787. The minimum atomic E-state index is -0.475. The molecule has 0 aromatic heterocycles. The third-order valence-corrected chi connectivity index (χ3v) is 4.36. The highest BCUT2D eigenvalue weighted by Crippen LogP contribution is 2.25. The van der Waals surface area contributed by atoms with Gasteiger partial charge in [-0.1, -0.05) is 6.07 Å². The summed E-state index contributed by atoms with van der Waals surface area (Å²) in [5.74, 6) is -0.418. The predicted octanol–water partition coefficient (Wildman–Crippen LogP) is 3.23. The lowest BCUT2D eigenvalue weighted by atomic mass is 10.1. The van der Waals surface area contributed by atoms with Crippen molar-refractivity contribution in [2.75, 3.05) is 36.0 Å². The number of Topliss-reactive ketones (excluding diaryl/α,β-unsaturated/α-hetero) is 1. The molecular formula is C19H18FN3O. The third-order valence-electron chi connectivity index (χ3n) is 4.36. The molecule has 2 aromatic carbocycles. The molecule has 1 aliphatic heterocycles. The molecule has 1 saturated heterocycles. The fourth-order valence-electron chi connectivity index (χ4n) is 3.00. The second-order valence-electron chi connectivity index (χ2n) is 5.82. The van der Waals surface area contributed by atoms with Crippen molar-refractivity contribution < 1.29 is 9.18 Å². The van der Waals surface area contributed by atoms with Crippen LogP contribution in [0.15, 0.2) is 42.5 Å². The predicted molar refractivity (Wildman–Crippen MR) is 92.0 cm³/mol. The summed E-state index contributed by atoms with van der Waals surface area (Å²) in [6.45, 7) is 4.54. The molecule has 1 fully saturated rings. The third kappa shape index (κ3) is 3.09. The molecule has 4 nitrogen and oxygen atoms in total. The molecule has 0 amide bonds. The summed E-state index contributed by atoms with van der Waals surface area (Å²) in [6.07, 6.45) is 0. The lowest BCUT2D eigenvalue weighted by Crippen LogP contribution is -2.46. The summed E-state index contributed by atoms with van der Waals surface area (Å²) in [5.41, 5.74) is 2.54. The maximum absolute atomic E-state index is 13.8. The van der Waals surface area contributed by atoms with Crippen LogP contribution in [0.3, 0.4) is 0 Å². The van der Waals surface area contributed by atoms with Crippen LogP contribution in [0.1, 0.15) is 22.8 Å². The van der Waals surface area contributed by atoms with Crippen LogP contribution >= 0.6 is 0 Å². The molecule has 0 atom stereocenters. The first-order valence-corrected chi connectivity index (χ1v) is 7.89. The second kappa shape index (κ2) is 6.71. The van der Waals surface area contributed by atoms with Crippen molar-refractivity contribution >= 4 is 17.2 Å². The van der Waals surface area contributed by atoms with Gasteiger partial charge < -0.3 is 9.80 Å². The van der Waals surface area contributed by atoms with Gasteiger partial charge in [0, 0.05) is 37.4 Å². The zero-order valence-corrected chi connectivity index (χ0v) is 13.5. The van der Waals surface area contributed by atoms with E-state index < -0.39 is 5.82 Å². The van der Waals surface area contributed by atoms with Gasteiger partial charge in [-0.3, -0.25) is 4.79 Å². The van der Waals surface area contributed by atoms with Crippen LogP contribution in [0, 0.1) is 17.1 Å². The molecule has 0 saturated carbocycles. The Balaban J connectivity index is 1.71. The van der Waals surface area contributed by atoms with E-state index in [1.54, 1.807) is 19.1 Å². The molecule has 24 heavy (non-hydrogen) atoms. The van der Waals surface area contributed by atoms with Crippen LogP contribution in [0.4, 0.5) is 15.8 Å². The van der Waals surface area contributed by atoms with Crippen LogP contribution in [-0.2, 0) is 0 Å². The molecule has 0 radical (unpaired) electrons. The van der Waals surface area contributed by atoms with E-state index in [0.29, 0.717) is 24.3 Å². The quantitative estimate of drug-likeness (QED) is 0.814. The van der Waals surface area contributed by atoms with Crippen molar-refractivity contribution in [1.82, 2.24) is 0 Å². The van der Waals surface area contributed by atoms with Crippen LogP contribution in [0.25, 0.3) is 0 Å². The van der Waals surface area contributed by atoms with Gasteiger partial charge in [0.15, 0.2) is 5.78 Å². The van der Waals surface area contributed by atoms with Gasteiger partial charge in [-0.05, 0) is 43.3 Å². The summed E-state index contributed by atoms with van der Waals surface area (Å²) in [7, 11) is 0. The number of carbonyl (C=O) groups excluding carboxylic acids is 1. The Morgan fingerprint density at radius 3 is 2.25 bits per heavy atom. The molecule has 0 N–H and O–H groups in total. The molecule has 0 spiro atoms. The normalized spacial score (nSPS) is 14.4. The number of nitriles is 1. The number of hydrogen-bond acceptors (Lipinski definition) is 4. The Morgan fingerprint density at radius 1 is 1.04 bits per heavy atom. The number of benzene rings is 2. The second-order valence-corrected chi connectivity index (χ2v) is 5.82. The van der Waals surface area contributed by atoms with Crippen LogP contribution in [-0.4, -0.2) is 32.0 Å². The molecule has 0 aliphatic carbocycles. The number of halogens is 1. The first-order chi connectivity index (χ1) is 11.6. The maximum Gasteiger partial charge on any atom is 0.159 e. The summed E-state index contributed by atoms with van der Waals surface area (Å²) in [6, 6.07) is 14.3. The minimum absolute atomic E-state index is 0.0570. The summed E-state index contributed by atoms with van der Waals surface area (Å²) in [4.78, 5) is 15.6. The highest BCUT2D eigenvalue weighted by Gasteiger charge is 2.21.